The van der Waals surface area contributed by atoms with Gasteiger partial charge in [0.25, 0.3) is 7.82 Å². The first kappa shape index (κ1) is 86.2. The van der Waals surface area contributed by atoms with Gasteiger partial charge in [0.2, 0.25) is 5.91 Å². The first-order valence-electron chi connectivity index (χ1n) is 39.6. The molecule has 0 bridgehead atoms. The molecule has 0 spiro atoms. The molecule has 1 amide bonds. The second-order valence-electron chi connectivity index (χ2n) is 28.8. The van der Waals surface area contributed by atoms with Crippen LogP contribution in [0.25, 0.3) is 0 Å². The van der Waals surface area contributed by atoms with Crippen molar-refractivity contribution in [3.05, 3.63) is 12.2 Å². The fourth-order valence-corrected chi connectivity index (χ4v) is 13.4. The van der Waals surface area contributed by atoms with E-state index in [4.69, 9.17) is 9.05 Å². The number of hydrogen-bond donors (Lipinski definition) is 2. The first-order chi connectivity index (χ1) is 42.5. The number of nitrogens with one attached hydrogen (secondary N) is 1. The minimum atomic E-state index is -4.60. The standard InChI is InChI=1S/C78H157N2O6P/c1-6-8-10-12-14-16-18-20-22-24-26-28-30-32-34-36-37-38-39-40-41-42-43-44-46-48-50-52-54-56-58-60-62-64-66-68-70-72-78(82)79-76(75-86-87(83,84)85-74-73-80(3,4)5)77(81)71-69-67-65-63-61-59-57-55-53-51-49-47-45-35-33-31-29-27-25-23-21-19-17-15-13-11-9-7-2/h69,71,76-77,81H,6-68,70,72-75H2,1-5H3,(H-,79,82,83,84)/b71-69+. The topological polar surface area (TPSA) is 108 Å². The highest BCUT2D eigenvalue weighted by Crippen LogP contribution is 2.38. The lowest BCUT2D eigenvalue weighted by Gasteiger charge is -2.29. The summed E-state index contributed by atoms with van der Waals surface area (Å²) < 4.78 is 23.5. The zero-order valence-corrected chi connectivity index (χ0v) is 60.7. The second kappa shape index (κ2) is 69.6. The lowest BCUT2D eigenvalue weighted by atomic mass is 10.0. The summed E-state index contributed by atoms with van der Waals surface area (Å²) in [6.07, 6.45) is 91.0. The molecule has 0 aromatic carbocycles. The van der Waals surface area contributed by atoms with Crippen LogP contribution in [0.3, 0.4) is 0 Å². The molecule has 2 N–H and O–H groups in total. The maximum absolute atomic E-state index is 13.1. The van der Waals surface area contributed by atoms with Gasteiger partial charge >= 0.3 is 0 Å². The molecular formula is C78H157N2O6P. The highest BCUT2D eigenvalue weighted by Gasteiger charge is 2.23. The van der Waals surface area contributed by atoms with E-state index in [0.717, 1.165) is 38.5 Å². The quantitative estimate of drug-likeness (QED) is 0.0272. The maximum atomic E-state index is 13.1. The van der Waals surface area contributed by atoms with Crippen molar-refractivity contribution in [2.24, 2.45) is 0 Å². The summed E-state index contributed by atoms with van der Waals surface area (Å²) in [6.45, 7) is 4.73. The largest absolute Gasteiger partial charge is 0.756 e. The minimum absolute atomic E-state index is 0.00314. The molecule has 3 unspecified atom stereocenters. The van der Waals surface area contributed by atoms with E-state index >= 15 is 0 Å². The van der Waals surface area contributed by atoms with Gasteiger partial charge in [0.15, 0.2) is 0 Å². The summed E-state index contributed by atoms with van der Waals surface area (Å²) in [5.74, 6) is -0.186. The summed E-state index contributed by atoms with van der Waals surface area (Å²) in [7, 11) is 1.29. The summed E-state index contributed by atoms with van der Waals surface area (Å²) >= 11 is 0. The van der Waals surface area contributed by atoms with E-state index in [1.807, 2.05) is 27.2 Å². The number of phosphoric ester groups is 1. The number of likely N-dealkylation sites (N-methyl/N-ethyl adjacent to an activating group) is 1. The summed E-state index contributed by atoms with van der Waals surface area (Å²) in [4.78, 5) is 25.7. The predicted molar refractivity (Wildman–Crippen MR) is 381 cm³/mol. The van der Waals surface area contributed by atoms with Gasteiger partial charge in [0.1, 0.15) is 13.2 Å². The van der Waals surface area contributed by atoms with Crippen molar-refractivity contribution in [1.82, 2.24) is 5.32 Å². The SMILES string of the molecule is CCCCCCCCCCCCCCCCCCCCCCCCCCCC/C=C/C(O)C(COP(=O)([O-])OCC[N+](C)(C)C)NC(=O)CCCCCCCCCCCCCCCCCCCCCCCCCCCCCCCCCCCCCCC. The molecule has 520 valence electrons. The van der Waals surface area contributed by atoms with Crippen molar-refractivity contribution >= 4 is 13.7 Å². The molecule has 0 aromatic rings. The molecule has 0 fully saturated rings. The maximum Gasteiger partial charge on any atom is 0.268 e. The summed E-state index contributed by atoms with van der Waals surface area (Å²) in [5, 5.41) is 14.0. The van der Waals surface area contributed by atoms with Crippen LogP contribution in [-0.2, 0) is 18.4 Å². The van der Waals surface area contributed by atoms with Gasteiger partial charge in [-0.25, -0.2) is 0 Å². The minimum Gasteiger partial charge on any atom is -0.756 e. The van der Waals surface area contributed by atoms with Crippen LogP contribution in [0.1, 0.15) is 431 Å². The van der Waals surface area contributed by atoms with Crippen LogP contribution in [0.4, 0.5) is 0 Å². The molecule has 0 heterocycles. The molecule has 0 radical (unpaired) electrons. The van der Waals surface area contributed by atoms with Crippen LogP contribution >= 0.6 is 7.82 Å². The number of allylic oxidation sites excluding steroid dienone is 1. The molecule has 0 aliphatic carbocycles. The van der Waals surface area contributed by atoms with Gasteiger partial charge < -0.3 is 28.8 Å². The Balaban J connectivity index is 3.92. The molecule has 0 aromatic heterocycles. The average molecular weight is 1250 g/mol. The van der Waals surface area contributed by atoms with Crippen molar-refractivity contribution in [3.63, 3.8) is 0 Å². The number of carbonyl (C=O) groups is 1. The van der Waals surface area contributed by atoms with E-state index in [9.17, 15) is 19.4 Å². The predicted octanol–water partition coefficient (Wildman–Crippen LogP) is 25.0. The van der Waals surface area contributed by atoms with Crippen molar-refractivity contribution in [1.29, 1.82) is 0 Å². The first-order valence-corrected chi connectivity index (χ1v) is 41.0. The molecule has 0 aliphatic rings. The van der Waals surface area contributed by atoms with Gasteiger partial charge in [-0.15, -0.1) is 0 Å². The average Bonchev–Trinajstić information content (AvgIpc) is 3.69. The third-order valence-electron chi connectivity index (χ3n) is 18.7. The molecular weight excluding hydrogens is 1090 g/mol. The van der Waals surface area contributed by atoms with Gasteiger partial charge in [-0.3, -0.25) is 9.36 Å². The number of aliphatic hydroxyl groups excluding tert-OH is 1. The third-order valence-corrected chi connectivity index (χ3v) is 19.7. The Labute approximate surface area is 545 Å². The smallest absolute Gasteiger partial charge is 0.268 e. The molecule has 0 saturated carbocycles. The van der Waals surface area contributed by atoms with E-state index in [2.05, 4.69) is 19.2 Å². The van der Waals surface area contributed by atoms with E-state index in [0.29, 0.717) is 17.4 Å². The molecule has 87 heavy (non-hydrogen) atoms. The number of aliphatic hydroxyl groups is 1. The van der Waals surface area contributed by atoms with Crippen molar-refractivity contribution in [3.8, 4) is 0 Å². The number of phosphoric acid groups is 1. The van der Waals surface area contributed by atoms with E-state index in [-0.39, 0.29) is 19.1 Å². The van der Waals surface area contributed by atoms with E-state index in [1.54, 1.807) is 6.08 Å². The monoisotopic (exact) mass is 1250 g/mol. The van der Waals surface area contributed by atoms with Gasteiger partial charge in [-0.2, -0.15) is 0 Å². The Hall–Kier alpha value is -0.760. The fourth-order valence-electron chi connectivity index (χ4n) is 12.6. The van der Waals surface area contributed by atoms with Gasteiger partial charge in [-0.05, 0) is 19.3 Å². The zero-order valence-electron chi connectivity index (χ0n) is 59.8. The zero-order chi connectivity index (χ0) is 63.4. The van der Waals surface area contributed by atoms with Crippen LogP contribution in [0.15, 0.2) is 12.2 Å². The van der Waals surface area contributed by atoms with Crippen LogP contribution in [-0.4, -0.2) is 68.5 Å². The highest BCUT2D eigenvalue weighted by atomic mass is 31.2. The summed E-state index contributed by atoms with van der Waals surface area (Å²) in [6, 6.07) is -0.884. The Kier molecular flexibility index (Phi) is 69.0. The van der Waals surface area contributed by atoms with Crippen LogP contribution in [0.5, 0.6) is 0 Å². The normalized spacial score (nSPS) is 13.5. The number of hydrogen-bond acceptors (Lipinski definition) is 6. The van der Waals surface area contributed by atoms with Crippen LogP contribution in [0, 0.1) is 0 Å². The van der Waals surface area contributed by atoms with Crippen molar-refractivity contribution < 1.29 is 32.9 Å². The fraction of sp³-hybridized carbons (Fsp3) is 0.962. The lowest BCUT2D eigenvalue weighted by molar-refractivity contribution is -0.870. The molecule has 0 saturated heterocycles. The number of nitrogens with zero attached hydrogens (tertiary/aromatic N) is 1. The molecule has 3 atom stereocenters. The number of carbonyl (C=O) groups excluding carboxylic acids is 1. The van der Waals surface area contributed by atoms with Crippen LogP contribution < -0.4 is 10.2 Å². The Morgan fingerprint density at radius 2 is 0.621 bits per heavy atom. The second-order valence-corrected chi connectivity index (χ2v) is 30.2. The molecule has 0 rings (SSSR count). The Bertz CT molecular complexity index is 1420. The van der Waals surface area contributed by atoms with Gasteiger partial charge in [-0.1, -0.05) is 418 Å². The van der Waals surface area contributed by atoms with Crippen LogP contribution in [0.2, 0.25) is 0 Å². The molecule has 9 heteroatoms. The van der Waals surface area contributed by atoms with Crippen molar-refractivity contribution in [2.45, 2.75) is 443 Å². The lowest BCUT2D eigenvalue weighted by Crippen LogP contribution is -2.45. The third kappa shape index (κ3) is 72.5. The molecule has 0 aliphatic heterocycles. The highest BCUT2D eigenvalue weighted by molar-refractivity contribution is 7.45. The van der Waals surface area contributed by atoms with Crippen molar-refractivity contribution in [2.75, 3.05) is 40.9 Å². The number of amides is 1. The van der Waals surface area contributed by atoms with Gasteiger partial charge in [0, 0.05) is 6.42 Å². The van der Waals surface area contributed by atoms with E-state index < -0.39 is 20.0 Å². The number of quaternary nitrogens is 1. The van der Waals surface area contributed by atoms with E-state index in [1.165, 1.54) is 372 Å². The Morgan fingerprint density at radius 3 is 0.862 bits per heavy atom. The molecule has 8 nitrogen and oxygen atoms in total. The number of rotatable bonds is 75. The Morgan fingerprint density at radius 1 is 0.391 bits per heavy atom. The summed E-state index contributed by atoms with van der Waals surface area (Å²) in [5.41, 5.74) is 0. The van der Waals surface area contributed by atoms with Gasteiger partial charge in [0.05, 0.1) is 39.9 Å². The number of unbranched alkanes of at least 4 members (excludes halogenated alkanes) is 62.